The van der Waals surface area contributed by atoms with Crippen LogP contribution in [0, 0.1) is 0 Å². The molecule has 1 saturated heterocycles. The molecule has 0 atom stereocenters. The summed E-state index contributed by atoms with van der Waals surface area (Å²) in [4.78, 5) is 5.15. The third-order valence-corrected chi connectivity index (χ3v) is 4.77. The van der Waals surface area contributed by atoms with Gasteiger partial charge in [0.1, 0.15) is 0 Å². The Morgan fingerprint density at radius 3 is 2.55 bits per heavy atom. The average molecular weight is 290 g/mol. The number of rotatable bonds is 3. The van der Waals surface area contributed by atoms with Crippen LogP contribution in [-0.4, -0.2) is 36.0 Å². The van der Waals surface area contributed by atoms with Crippen molar-refractivity contribution in [3.8, 4) is 0 Å². The third kappa shape index (κ3) is 2.67. The molecule has 0 saturated carbocycles. The molecule has 2 aliphatic carbocycles. The van der Waals surface area contributed by atoms with Gasteiger partial charge in [0.25, 0.3) is 0 Å². The lowest BCUT2D eigenvalue weighted by Crippen LogP contribution is -2.45. The fourth-order valence-corrected chi connectivity index (χ4v) is 3.57. The average Bonchev–Trinajstić information content (AvgIpc) is 3.05. The SMILES string of the molecule is C1=CC2=C(N3CCN(Cc4ccccc4)CC3)CC=CC2=C1. The third-order valence-electron chi connectivity index (χ3n) is 4.77. The summed E-state index contributed by atoms with van der Waals surface area (Å²) in [6, 6.07) is 10.8. The molecule has 0 amide bonds. The molecule has 1 aliphatic heterocycles. The standard InChI is InChI=1S/C20H22N2/c1-2-6-17(7-3-1)16-21-12-14-22(15-13-21)20-11-5-9-18-8-4-10-19(18)20/h1-10H,11-16H2. The van der Waals surface area contributed by atoms with Crippen LogP contribution < -0.4 is 0 Å². The molecule has 3 aliphatic rings. The van der Waals surface area contributed by atoms with Gasteiger partial charge in [-0.1, -0.05) is 60.7 Å². The van der Waals surface area contributed by atoms with Crippen LogP contribution in [0.5, 0.6) is 0 Å². The lowest BCUT2D eigenvalue weighted by Gasteiger charge is -2.38. The zero-order chi connectivity index (χ0) is 14.8. The lowest BCUT2D eigenvalue weighted by molar-refractivity contribution is 0.150. The highest BCUT2D eigenvalue weighted by Crippen LogP contribution is 2.31. The first kappa shape index (κ1) is 13.6. The Balaban J connectivity index is 1.40. The minimum Gasteiger partial charge on any atom is -0.372 e. The fourth-order valence-electron chi connectivity index (χ4n) is 3.57. The summed E-state index contributed by atoms with van der Waals surface area (Å²) < 4.78 is 0. The molecule has 1 aromatic rings. The van der Waals surface area contributed by atoms with Crippen LogP contribution in [0.4, 0.5) is 0 Å². The van der Waals surface area contributed by atoms with E-state index in [9.17, 15) is 0 Å². The van der Waals surface area contributed by atoms with Crippen LogP contribution in [0.25, 0.3) is 0 Å². The van der Waals surface area contributed by atoms with E-state index in [-0.39, 0.29) is 0 Å². The molecule has 1 aromatic carbocycles. The van der Waals surface area contributed by atoms with Crippen molar-refractivity contribution < 1.29 is 0 Å². The minimum absolute atomic E-state index is 1.07. The highest BCUT2D eigenvalue weighted by Gasteiger charge is 2.23. The van der Waals surface area contributed by atoms with Crippen molar-refractivity contribution in [3.05, 3.63) is 83.1 Å². The predicted octanol–water partition coefficient (Wildman–Crippen LogP) is 3.51. The molecule has 0 aromatic heterocycles. The molecule has 0 bridgehead atoms. The minimum atomic E-state index is 1.07. The molecule has 0 unspecified atom stereocenters. The van der Waals surface area contributed by atoms with Crippen LogP contribution in [0.15, 0.2) is 77.6 Å². The van der Waals surface area contributed by atoms with Crippen molar-refractivity contribution in [2.24, 2.45) is 0 Å². The van der Waals surface area contributed by atoms with Crippen LogP contribution in [0.2, 0.25) is 0 Å². The Morgan fingerprint density at radius 1 is 0.909 bits per heavy atom. The van der Waals surface area contributed by atoms with Crippen LogP contribution in [0.1, 0.15) is 12.0 Å². The first-order valence-corrected chi connectivity index (χ1v) is 8.20. The number of nitrogens with zero attached hydrogens (tertiary/aromatic N) is 2. The van der Waals surface area contributed by atoms with E-state index in [1.807, 2.05) is 0 Å². The molecule has 0 radical (unpaired) electrons. The Morgan fingerprint density at radius 2 is 1.73 bits per heavy atom. The summed E-state index contributed by atoms with van der Waals surface area (Å²) in [5.74, 6) is 0. The zero-order valence-electron chi connectivity index (χ0n) is 12.9. The molecular weight excluding hydrogens is 268 g/mol. The molecule has 0 spiro atoms. The number of hydrogen-bond acceptors (Lipinski definition) is 2. The van der Waals surface area contributed by atoms with E-state index in [2.05, 4.69) is 70.5 Å². The van der Waals surface area contributed by atoms with Gasteiger partial charge in [0.05, 0.1) is 0 Å². The second kappa shape index (κ2) is 5.98. The fraction of sp³-hybridized carbons (Fsp3) is 0.300. The smallest absolute Gasteiger partial charge is 0.0303 e. The van der Waals surface area contributed by atoms with Gasteiger partial charge >= 0.3 is 0 Å². The van der Waals surface area contributed by atoms with Gasteiger partial charge in [0, 0.05) is 50.4 Å². The number of hydrogen-bond donors (Lipinski definition) is 0. The Labute approximate surface area is 132 Å². The summed E-state index contributed by atoms with van der Waals surface area (Å²) in [7, 11) is 0. The summed E-state index contributed by atoms with van der Waals surface area (Å²) in [5, 5.41) is 0. The monoisotopic (exact) mass is 290 g/mol. The highest BCUT2D eigenvalue weighted by molar-refractivity contribution is 5.58. The van der Waals surface area contributed by atoms with Gasteiger partial charge in [-0.25, -0.2) is 0 Å². The predicted molar refractivity (Wildman–Crippen MR) is 91.3 cm³/mol. The van der Waals surface area contributed by atoms with Crippen LogP contribution in [-0.2, 0) is 6.54 Å². The quantitative estimate of drug-likeness (QED) is 0.840. The van der Waals surface area contributed by atoms with E-state index in [1.165, 1.54) is 22.4 Å². The largest absolute Gasteiger partial charge is 0.372 e. The maximum Gasteiger partial charge on any atom is 0.0303 e. The summed E-state index contributed by atoms with van der Waals surface area (Å²) in [6.45, 7) is 5.66. The molecule has 0 N–H and O–H groups in total. The van der Waals surface area contributed by atoms with Crippen molar-refractivity contribution in [1.29, 1.82) is 0 Å². The zero-order valence-corrected chi connectivity index (χ0v) is 12.9. The highest BCUT2D eigenvalue weighted by atomic mass is 15.3. The van der Waals surface area contributed by atoms with Gasteiger partial charge in [-0.15, -0.1) is 0 Å². The van der Waals surface area contributed by atoms with Gasteiger partial charge in [-0.2, -0.15) is 0 Å². The van der Waals surface area contributed by atoms with E-state index in [0.29, 0.717) is 0 Å². The second-order valence-electron chi connectivity index (χ2n) is 6.20. The summed E-state index contributed by atoms with van der Waals surface area (Å²) >= 11 is 0. The number of piperazine rings is 1. The Hall–Kier alpha value is -2.06. The molecular formula is C20H22N2. The van der Waals surface area contributed by atoms with E-state index in [0.717, 1.165) is 39.1 Å². The summed E-state index contributed by atoms with van der Waals surface area (Å²) in [6.07, 6.45) is 12.3. The van der Waals surface area contributed by atoms with Crippen LogP contribution in [0.3, 0.4) is 0 Å². The van der Waals surface area contributed by atoms with E-state index in [4.69, 9.17) is 0 Å². The Bertz CT molecular complexity index is 656. The maximum absolute atomic E-state index is 2.59. The van der Waals surface area contributed by atoms with Crippen molar-refractivity contribution >= 4 is 0 Å². The number of fused-ring (bicyclic) bond motifs is 1. The van der Waals surface area contributed by atoms with Crippen molar-refractivity contribution in [3.63, 3.8) is 0 Å². The van der Waals surface area contributed by atoms with Gasteiger partial charge < -0.3 is 4.90 Å². The molecule has 4 rings (SSSR count). The van der Waals surface area contributed by atoms with Gasteiger partial charge in [-0.05, 0) is 11.1 Å². The van der Waals surface area contributed by atoms with Gasteiger partial charge in [0.2, 0.25) is 0 Å². The summed E-state index contributed by atoms with van der Waals surface area (Å²) in [5.41, 5.74) is 5.76. The van der Waals surface area contributed by atoms with E-state index in [1.54, 1.807) is 0 Å². The van der Waals surface area contributed by atoms with Gasteiger partial charge in [0.15, 0.2) is 0 Å². The van der Waals surface area contributed by atoms with E-state index < -0.39 is 0 Å². The van der Waals surface area contributed by atoms with Crippen molar-refractivity contribution in [2.75, 3.05) is 26.2 Å². The van der Waals surface area contributed by atoms with E-state index >= 15 is 0 Å². The Kier molecular flexibility index (Phi) is 3.69. The molecule has 1 fully saturated rings. The first-order chi connectivity index (χ1) is 10.9. The van der Waals surface area contributed by atoms with Crippen molar-refractivity contribution in [2.45, 2.75) is 13.0 Å². The van der Waals surface area contributed by atoms with Crippen molar-refractivity contribution in [1.82, 2.24) is 9.80 Å². The van der Waals surface area contributed by atoms with Gasteiger partial charge in [-0.3, -0.25) is 4.90 Å². The maximum atomic E-state index is 2.59. The normalized spacial score (nSPS) is 21.3. The lowest BCUT2D eigenvalue weighted by atomic mass is 9.98. The second-order valence-corrected chi connectivity index (χ2v) is 6.20. The topological polar surface area (TPSA) is 6.48 Å². The molecule has 1 heterocycles. The molecule has 22 heavy (non-hydrogen) atoms. The molecule has 112 valence electrons. The molecule has 2 nitrogen and oxygen atoms in total. The van der Waals surface area contributed by atoms with Crippen LogP contribution >= 0.6 is 0 Å². The number of allylic oxidation sites excluding steroid dienone is 7. The first-order valence-electron chi connectivity index (χ1n) is 8.20. The molecule has 2 heteroatoms. The number of benzene rings is 1.